The van der Waals surface area contributed by atoms with Gasteiger partial charge < -0.3 is 14.4 Å². The van der Waals surface area contributed by atoms with Crippen molar-refractivity contribution in [1.29, 1.82) is 5.26 Å². The van der Waals surface area contributed by atoms with Gasteiger partial charge in [0.2, 0.25) is 0 Å². The van der Waals surface area contributed by atoms with E-state index in [2.05, 4.69) is 35.4 Å². The Morgan fingerprint density at radius 2 is 2.15 bits per heavy atom. The molecule has 26 heavy (non-hydrogen) atoms. The zero-order valence-corrected chi connectivity index (χ0v) is 15.2. The van der Waals surface area contributed by atoms with E-state index in [-0.39, 0.29) is 5.79 Å². The fourth-order valence-corrected chi connectivity index (χ4v) is 5.35. The number of rotatable bonds is 2. The molecular weight excluding hydrogens is 324 g/mol. The van der Waals surface area contributed by atoms with Gasteiger partial charge in [-0.1, -0.05) is 12.1 Å². The Morgan fingerprint density at radius 3 is 3.00 bits per heavy atom. The monoisotopic (exact) mass is 350 g/mol. The fourth-order valence-electron chi connectivity index (χ4n) is 5.35. The summed E-state index contributed by atoms with van der Waals surface area (Å²) in [4.78, 5) is 2.41. The number of hydrogen-bond acceptors (Lipinski definition) is 4. The van der Waals surface area contributed by atoms with Gasteiger partial charge in [-0.3, -0.25) is 0 Å². The van der Waals surface area contributed by atoms with Crippen molar-refractivity contribution >= 4 is 5.69 Å². The molecule has 2 aliphatic carbocycles. The summed E-state index contributed by atoms with van der Waals surface area (Å²) >= 11 is 0. The number of benzene rings is 1. The van der Waals surface area contributed by atoms with Gasteiger partial charge in [-0.25, -0.2) is 0 Å². The minimum Gasteiger partial charge on any atom is -0.348 e. The fraction of sp³-hybridized carbons (Fsp3) is 0.591. The van der Waals surface area contributed by atoms with Crippen LogP contribution in [-0.4, -0.2) is 25.5 Å². The van der Waals surface area contributed by atoms with E-state index < -0.39 is 0 Å². The molecule has 0 N–H and O–H groups in total. The first-order chi connectivity index (χ1) is 12.7. The molecule has 2 unspecified atom stereocenters. The molecule has 136 valence electrons. The zero-order chi connectivity index (χ0) is 17.6. The molecule has 1 aromatic rings. The van der Waals surface area contributed by atoms with E-state index in [0.29, 0.717) is 5.41 Å². The highest BCUT2D eigenvalue weighted by Gasteiger charge is 2.63. The van der Waals surface area contributed by atoms with Crippen molar-refractivity contribution in [3.63, 3.8) is 0 Å². The summed E-state index contributed by atoms with van der Waals surface area (Å²) in [5.41, 5.74) is 3.62. The summed E-state index contributed by atoms with van der Waals surface area (Å²) in [6.07, 6.45) is 12.4. The predicted molar refractivity (Wildman–Crippen MR) is 99.6 cm³/mol. The van der Waals surface area contributed by atoms with Crippen LogP contribution >= 0.6 is 0 Å². The topological polar surface area (TPSA) is 45.5 Å². The molecule has 1 spiro atoms. The third-order valence-corrected chi connectivity index (χ3v) is 6.78. The van der Waals surface area contributed by atoms with E-state index in [1.807, 2.05) is 6.07 Å². The molecule has 2 atom stereocenters. The lowest BCUT2D eigenvalue weighted by atomic mass is 9.83. The van der Waals surface area contributed by atoms with Crippen molar-refractivity contribution in [3.8, 4) is 6.07 Å². The summed E-state index contributed by atoms with van der Waals surface area (Å²) < 4.78 is 12.1. The molecular formula is C22H26N2O2. The summed E-state index contributed by atoms with van der Waals surface area (Å²) in [6.45, 7) is 2.47. The molecule has 3 fully saturated rings. The Hall–Kier alpha value is -1.83. The van der Waals surface area contributed by atoms with Gasteiger partial charge in [0.25, 0.3) is 0 Å². The van der Waals surface area contributed by atoms with Crippen LogP contribution in [0.25, 0.3) is 0 Å². The zero-order valence-electron chi connectivity index (χ0n) is 15.2. The lowest BCUT2D eigenvalue weighted by molar-refractivity contribution is -0.188. The molecule has 0 radical (unpaired) electrons. The Labute approximate surface area is 155 Å². The van der Waals surface area contributed by atoms with Gasteiger partial charge in [0.1, 0.15) is 0 Å². The molecule has 0 bridgehead atoms. The number of nitrogens with zero attached hydrogens (tertiary/aromatic N) is 2. The highest BCUT2D eigenvalue weighted by atomic mass is 16.7. The summed E-state index contributed by atoms with van der Waals surface area (Å²) in [7, 11) is 0. The maximum atomic E-state index is 9.35. The molecule has 1 saturated heterocycles. The van der Waals surface area contributed by atoms with Crippen LogP contribution in [0.5, 0.6) is 0 Å². The van der Waals surface area contributed by atoms with Gasteiger partial charge in [0.15, 0.2) is 5.79 Å². The second-order valence-corrected chi connectivity index (χ2v) is 8.45. The van der Waals surface area contributed by atoms with Gasteiger partial charge in [0.05, 0.1) is 24.8 Å². The molecule has 2 aliphatic heterocycles. The highest BCUT2D eigenvalue weighted by Crippen LogP contribution is 2.65. The normalized spacial score (nSPS) is 32.9. The van der Waals surface area contributed by atoms with Crippen LogP contribution in [0.1, 0.15) is 49.7 Å². The molecule has 1 aromatic carbocycles. The summed E-state index contributed by atoms with van der Waals surface area (Å²) in [5, 5.41) is 9.35. The lowest BCUT2D eigenvalue weighted by Gasteiger charge is -2.39. The molecule has 4 aliphatic rings. The van der Waals surface area contributed by atoms with E-state index >= 15 is 0 Å². The molecule has 0 amide bonds. The first-order valence-corrected chi connectivity index (χ1v) is 9.96. The van der Waals surface area contributed by atoms with Gasteiger partial charge >= 0.3 is 0 Å². The number of allylic oxidation sites excluding steroid dienone is 1. The maximum absolute atomic E-state index is 9.35. The third kappa shape index (κ3) is 2.74. The second kappa shape index (κ2) is 6.11. The van der Waals surface area contributed by atoms with Crippen LogP contribution in [0.4, 0.5) is 5.69 Å². The number of hydrogen-bond donors (Lipinski definition) is 0. The SMILES string of the molecule is N#Cc1ccc2c(c1)N(CC13CC1CCC1(C3)OCCO1)/C=C/CCC2. The average molecular weight is 350 g/mol. The highest BCUT2D eigenvalue weighted by molar-refractivity contribution is 5.60. The van der Waals surface area contributed by atoms with E-state index in [1.165, 1.54) is 30.5 Å². The molecule has 4 heteroatoms. The van der Waals surface area contributed by atoms with Crippen molar-refractivity contribution in [3.05, 3.63) is 41.6 Å². The Balaban J connectivity index is 1.45. The summed E-state index contributed by atoms with van der Waals surface area (Å²) in [6, 6.07) is 8.48. The number of aryl methyl sites for hydroxylation is 1. The van der Waals surface area contributed by atoms with E-state index in [4.69, 9.17) is 9.47 Å². The molecule has 0 aromatic heterocycles. The third-order valence-electron chi connectivity index (χ3n) is 6.78. The van der Waals surface area contributed by atoms with Crippen LogP contribution in [-0.2, 0) is 15.9 Å². The standard InChI is InChI=1S/C22H26N2O2/c23-14-17-5-6-18-4-2-1-3-9-24(20(18)12-17)16-21-13-19(21)7-8-22(15-21)25-10-11-26-22/h3,5-6,9,12,19H,1-2,4,7-8,10-11,13,15-16H2/b9-3+. The van der Waals surface area contributed by atoms with E-state index in [9.17, 15) is 5.26 Å². The predicted octanol–water partition coefficient (Wildman–Crippen LogP) is 4.15. The number of fused-ring (bicyclic) bond motifs is 2. The number of ether oxygens (including phenoxy) is 2. The van der Waals surface area contributed by atoms with Crippen LogP contribution in [0.3, 0.4) is 0 Å². The van der Waals surface area contributed by atoms with Gasteiger partial charge in [-0.2, -0.15) is 5.26 Å². The second-order valence-electron chi connectivity index (χ2n) is 8.45. The van der Waals surface area contributed by atoms with Crippen molar-refractivity contribution in [1.82, 2.24) is 0 Å². The first-order valence-electron chi connectivity index (χ1n) is 9.96. The summed E-state index contributed by atoms with van der Waals surface area (Å²) in [5.74, 6) is 0.471. The first kappa shape index (κ1) is 16.4. The largest absolute Gasteiger partial charge is 0.348 e. The molecule has 2 heterocycles. The minimum atomic E-state index is -0.323. The maximum Gasteiger partial charge on any atom is 0.169 e. The molecule has 5 rings (SSSR count). The van der Waals surface area contributed by atoms with Crippen LogP contribution in [0, 0.1) is 22.7 Å². The minimum absolute atomic E-state index is 0.298. The van der Waals surface area contributed by atoms with Crippen LogP contribution < -0.4 is 4.90 Å². The van der Waals surface area contributed by atoms with Crippen molar-refractivity contribution in [2.45, 2.75) is 50.7 Å². The van der Waals surface area contributed by atoms with Crippen molar-refractivity contribution < 1.29 is 9.47 Å². The average Bonchev–Trinajstić information content (AvgIpc) is 3.16. The molecule has 2 saturated carbocycles. The van der Waals surface area contributed by atoms with Gasteiger partial charge in [-0.15, -0.1) is 0 Å². The quantitative estimate of drug-likeness (QED) is 0.804. The van der Waals surface area contributed by atoms with E-state index in [0.717, 1.165) is 56.9 Å². The van der Waals surface area contributed by atoms with Crippen LogP contribution in [0.2, 0.25) is 0 Å². The number of nitriles is 1. The molecule has 4 nitrogen and oxygen atoms in total. The Morgan fingerprint density at radius 1 is 1.27 bits per heavy atom. The lowest BCUT2D eigenvalue weighted by Crippen LogP contribution is -2.41. The van der Waals surface area contributed by atoms with Gasteiger partial charge in [0, 0.05) is 31.3 Å². The van der Waals surface area contributed by atoms with Gasteiger partial charge in [-0.05, 0) is 61.1 Å². The van der Waals surface area contributed by atoms with Crippen molar-refractivity contribution in [2.75, 3.05) is 24.7 Å². The number of anilines is 1. The Kier molecular flexibility index (Phi) is 3.84. The van der Waals surface area contributed by atoms with Crippen molar-refractivity contribution in [2.24, 2.45) is 11.3 Å². The van der Waals surface area contributed by atoms with E-state index in [1.54, 1.807) is 0 Å². The smallest absolute Gasteiger partial charge is 0.169 e. The Bertz CT molecular complexity index is 775. The van der Waals surface area contributed by atoms with Crippen LogP contribution in [0.15, 0.2) is 30.5 Å².